The van der Waals surface area contributed by atoms with Gasteiger partial charge in [-0.3, -0.25) is 0 Å². The number of nitrogens with zero attached hydrogens (tertiary/aromatic N) is 4. The second kappa shape index (κ2) is 5.34. The number of nitriles is 1. The SMILES string of the molecule is CN(C)CC1CC(O)CN1c1ccc(C#N)cn1. The number of pyridine rings is 1. The monoisotopic (exact) mass is 246 g/mol. The highest BCUT2D eigenvalue weighted by Crippen LogP contribution is 2.24. The lowest BCUT2D eigenvalue weighted by molar-refractivity contribution is 0.191. The molecule has 2 heterocycles. The highest BCUT2D eigenvalue weighted by atomic mass is 16.3. The summed E-state index contributed by atoms with van der Waals surface area (Å²) < 4.78 is 0. The number of anilines is 1. The number of likely N-dealkylation sites (N-methyl/N-ethyl adjacent to an activating group) is 1. The van der Waals surface area contributed by atoms with Crippen molar-refractivity contribution in [1.82, 2.24) is 9.88 Å². The van der Waals surface area contributed by atoms with Gasteiger partial charge in [-0.05, 0) is 32.6 Å². The van der Waals surface area contributed by atoms with Crippen molar-refractivity contribution in [2.75, 3.05) is 32.1 Å². The maximum absolute atomic E-state index is 9.80. The molecule has 1 aromatic heterocycles. The third-order valence-electron chi connectivity index (χ3n) is 3.14. The number of hydrogen-bond donors (Lipinski definition) is 1. The maximum atomic E-state index is 9.80. The number of rotatable bonds is 3. The highest BCUT2D eigenvalue weighted by molar-refractivity contribution is 5.44. The van der Waals surface area contributed by atoms with Crippen molar-refractivity contribution < 1.29 is 5.11 Å². The summed E-state index contributed by atoms with van der Waals surface area (Å²) in [7, 11) is 4.05. The van der Waals surface area contributed by atoms with Crippen LogP contribution in [0.3, 0.4) is 0 Å². The van der Waals surface area contributed by atoms with Gasteiger partial charge in [-0.15, -0.1) is 0 Å². The van der Waals surface area contributed by atoms with Crippen LogP contribution in [0.2, 0.25) is 0 Å². The minimum absolute atomic E-state index is 0.274. The zero-order valence-electron chi connectivity index (χ0n) is 10.7. The van der Waals surface area contributed by atoms with Crippen LogP contribution in [0.25, 0.3) is 0 Å². The van der Waals surface area contributed by atoms with E-state index in [-0.39, 0.29) is 12.1 Å². The zero-order chi connectivity index (χ0) is 13.1. The van der Waals surface area contributed by atoms with E-state index in [0.717, 1.165) is 18.8 Å². The molecule has 0 aliphatic carbocycles. The number of aromatic nitrogens is 1. The highest BCUT2D eigenvalue weighted by Gasteiger charge is 2.31. The Morgan fingerprint density at radius 3 is 2.89 bits per heavy atom. The lowest BCUT2D eigenvalue weighted by Gasteiger charge is -2.27. The fraction of sp³-hybridized carbons (Fsp3) is 0.538. The summed E-state index contributed by atoms with van der Waals surface area (Å²) >= 11 is 0. The number of β-amino-alcohol motifs (C(OH)–C–C–N with tert-alkyl or cyclic N) is 1. The summed E-state index contributed by atoms with van der Waals surface area (Å²) in [5.74, 6) is 0.831. The van der Waals surface area contributed by atoms with Crippen molar-refractivity contribution in [3.63, 3.8) is 0 Å². The summed E-state index contributed by atoms with van der Waals surface area (Å²) in [6.45, 7) is 1.50. The molecule has 1 aromatic rings. The lowest BCUT2D eigenvalue weighted by atomic mass is 10.2. The molecule has 1 N–H and O–H groups in total. The summed E-state index contributed by atoms with van der Waals surface area (Å²) in [5, 5.41) is 18.6. The first kappa shape index (κ1) is 12.8. The van der Waals surface area contributed by atoms with Gasteiger partial charge in [0.15, 0.2) is 0 Å². The van der Waals surface area contributed by atoms with Crippen LogP contribution in [0.1, 0.15) is 12.0 Å². The molecule has 0 amide bonds. The third kappa shape index (κ3) is 2.78. The fourth-order valence-corrected chi connectivity index (χ4v) is 2.39. The van der Waals surface area contributed by atoms with Crippen LogP contribution in [0.15, 0.2) is 18.3 Å². The molecule has 2 rings (SSSR count). The maximum Gasteiger partial charge on any atom is 0.128 e. The average molecular weight is 246 g/mol. The smallest absolute Gasteiger partial charge is 0.128 e. The van der Waals surface area contributed by atoms with Gasteiger partial charge in [0.1, 0.15) is 11.9 Å². The van der Waals surface area contributed by atoms with Gasteiger partial charge in [0, 0.05) is 25.3 Å². The first-order chi connectivity index (χ1) is 8.60. The second-order valence-corrected chi connectivity index (χ2v) is 4.97. The van der Waals surface area contributed by atoms with E-state index < -0.39 is 0 Å². The van der Waals surface area contributed by atoms with E-state index in [1.54, 1.807) is 12.3 Å². The quantitative estimate of drug-likeness (QED) is 0.839. The minimum Gasteiger partial charge on any atom is -0.391 e. The van der Waals surface area contributed by atoms with Crippen molar-refractivity contribution in [3.05, 3.63) is 23.9 Å². The van der Waals surface area contributed by atoms with Gasteiger partial charge in [-0.25, -0.2) is 4.98 Å². The third-order valence-corrected chi connectivity index (χ3v) is 3.14. The van der Waals surface area contributed by atoms with Crippen molar-refractivity contribution in [2.24, 2.45) is 0 Å². The van der Waals surface area contributed by atoms with Gasteiger partial charge in [-0.1, -0.05) is 0 Å². The molecule has 2 unspecified atom stereocenters. The Labute approximate surface area is 107 Å². The largest absolute Gasteiger partial charge is 0.391 e. The molecule has 0 bridgehead atoms. The van der Waals surface area contributed by atoms with E-state index in [0.29, 0.717) is 12.1 Å². The molecule has 1 aliphatic heterocycles. The average Bonchev–Trinajstić information content (AvgIpc) is 2.69. The van der Waals surface area contributed by atoms with Gasteiger partial charge < -0.3 is 14.9 Å². The Morgan fingerprint density at radius 2 is 2.33 bits per heavy atom. The van der Waals surface area contributed by atoms with Crippen LogP contribution in [0.4, 0.5) is 5.82 Å². The Hall–Kier alpha value is -1.64. The van der Waals surface area contributed by atoms with Crippen LogP contribution in [-0.4, -0.2) is 54.3 Å². The van der Waals surface area contributed by atoms with Crippen LogP contribution in [0, 0.1) is 11.3 Å². The number of aliphatic hydroxyl groups is 1. The van der Waals surface area contributed by atoms with Crippen LogP contribution in [-0.2, 0) is 0 Å². The van der Waals surface area contributed by atoms with E-state index in [4.69, 9.17) is 5.26 Å². The topological polar surface area (TPSA) is 63.4 Å². The molecular weight excluding hydrogens is 228 g/mol. The predicted octanol–water partition coefficient (Wildman–Crippen LogP) is 0.454. The molecular formula is C13H18N4O. The van der Waals surface area contributed by atoms with E-state index >= 15 is 0 Å². The van der Waals surface area contributed by atoms with E-state index in [1.165, 1.54) is 0 Å². The Morgan fingerprint density at radius 1 is 1.56 bits per heavy atom. The summed E-state index contributed by atoms with van der Waals surface area (Å²) in [6, 6.07) is 5.94. The van der Waals surface area contributed by atoms with E-state index in [1.807, 2.05) is 20.2 Å². The Kier molecular flexibility index (Phi) is 3.80. The van der Waals surface area contributed by atoms with Gasteiger partial charge in [0.2, 0.25) is 0 Å². The van der Waals surface area contributed by atoms with Gasteiger partial charge in [-0.2, -0.15) is 5.26 Å². The summed E-state index contributed by atoms with van der Waals surface area (Å²) in [5.41, 5.74) is 0.558. The fourth-order valence-electron chi connectivity index (χ4n) is 2.39. The first-order valence-corrected chi connectivity index (χ1v) is 6.05. The molecule has 5 heteroatoms. The summed E-state index contributed by atoms with van der Waals surface area (Å²) in [4.78, 5) is 8.52. The normalized spacial score (nSPS) is 23.4. The zero-order valence-corrected chi connectivity index (χ0v) is 10.7. The van der Waals surface area contributed by atoms with Crippen LogP contribution >= 0.6 is 0 Å². The molecule has 0 aromatic carbocycles. The standard InChI is InChI=1S/C13H18N4O/c1-16(2)8-11-5-12(18)9-17(11)13-4-3-10(6-14)7-15-13/h3-4,7,11-12,18H,5,8-9H2,1-2H3. The van der Waals surface area contributed by atoms with Crippen molar-refractivity contribution in [3.8, 4) is 6.07 Å². The van der Waals surface area contributed by atoms with Gasteiger partial charge in [0.25, 0.3) is 0 Å². The molecule has 1 saturated heterocycles. The first-order valence-electron chi connectivity index (χ1n) is 6.05. The molecule has 0 spiro atoms. The molecule has 0 saturated carbocycles. The van der Waals surface area contributed by atoms with Crippen LogP contribution < -0.4 is 4.90 Å². The van der Waals surface area contributed by atoms with Crippen molar-refractivity contribution in [2.45, 2.75) is 18.6 Å². The molecule has 1 aliphatic rings. The van der Waals surface area contributed by atoms with Crippen LogP contribution in [0.5, 0.6) is 0 Å². The second-order valence-electron chi connectivity index (χ2n) is 4.97. The van der Waals surface area contributed by atoms with Gasteiger partial charge >= 0.3 is 0 Å². The number of aliphatic hydroxyl groups excluding tert-OH is 1. The van der Waals surface area contributed by atoms with E-state index in [9.17, 15) is 5.11 Å². The molecule has 5 nitrogen and oxygen atoms in total. The predicted molar refractivity (Wildman–Crippen MR) is 69.3 cm³/mol. The van der Waals surface area contributed by atoms with E-state index in [2.05, 4.69) is 20.9 Å². The summed E-state index contributed by atoms with van der Waals surface area (Å²) in [6.07, 6.45) is 2.04. The van der Waals surface area contributed by atoms with Crippen molar-refractivity contribution >= 4 is 5.82 Å². The minimum atomic E-state index is -0.299. The number of hydrogen-bond acceptors (Lipinski definition) is 5. The molecule has 18 heavy (non-hydrogen) atoms. The molecule has 0 radical (unpaired) electrons. The molecule has 2 atom stereocenters. The lowest BCUT2D eigenvalue weighted by Crippen LogP contribution is -2.38. The molecule has 96 valence electrons. The Bertz CT molecular complexity index is 437. The Balaban J connectivity index is 2.16. The van der Waals surface area contributed by atoms with Gasteiger partial charge in [0.05, 0.1) is 11.7 Å². The van der Waals surface area contributed by atoms with Crippen molar-refractivity contribution in [1.29, 1.82) is 5.26 Å². The molecule has 1 fully saturated rings.